The summed E-state index contributed by atoms with van der Waals surface area (Å²) in [6.45, 7) is 2.28. The number of ether oxygens (including phenoxy) is 2. The van der Waals surface area contributed by atoms with Gasteiger partial charge in [0.2, 0.25) is 0 Å². The van der Waals surface area contributed by atoms with Gasteiger partial charge < -0.3 is 14.4 Å². The molecule has 1 unspecified atom stereocenters. The van der Waals surface area contributed by atoms with Crippen LogP contribution in [0.2, 0.25) is 0 Å². The first-order valence-electron chi connectivity index (χ1n) is 5.93. The highest BCUT2D eigenvalue weighted by molar-refractivity contribution is 5.46. The van der Waals surface area contributed by atoms with E-state index in [0.29, 0.717) is 13.2 Å². The van der Waals surface area contributed by atoms with Crippen molar-refractivity contribution in [1.29, 1.82) is 0 Å². The molecule has 19 heavy (non-hydrogen) atoms. The van der Waals surface area contributed by atoms with Crippen molar-refractivity contribution in [3.05, 3.63) is 34.1 Å². The molecule has 0 spiro atoms. The largest absolute Gasteiger partial charge is 0.484 e. The molecule has 1 aromatic carbocycles. The lowest BCUT2D eigenvalue weighted by molar-refractivity contribution is -0.386. The molecule has 1 fully saturated rings. The maximum absolute atomic E-state index is 13.1. The number of hydrogen-bond donors (Lipinski definition) is 0. The van der Waals surface area contributed by atoms with Crippen LogP contribution in [-0.4, -0.2) is 49.3 Å². The van der Waals surface area contributed by atoms with E-state index in [-0.39, 0.29) is 24.1 Å². The number of hydrogen-bond acceptors (Lipinski definition) is 5. The number of likely N-dealkylation sites (N-methyl/N-ethyl adjacent to an activating group) is 1. The van der Waals surface area contributed by atoms with Crippen LogP contribution in [0, 0.1) is 15.9 Å². The smallest absolute Gasteiger partial charge is 0.311 e. The van der Waals surface area contributed by atoms with Crippen molar-refractivity contribution >= 4 is 5.69 Å². The standard InChI is InChI=1S/C12H15FN2O4/c1-14-4-5-18-10(7-14)8-19-12-6-9(13)2-3-11(12)15(16)17/h2-3,6,10H,4-5,7-8H2,1H3. The third kappa shape index (κ3) is 3.62. The van der Waals surface area contributed by atoms with Gasteiger partial charge in [0.1, 0.15) is 18.5 Å². The van der Waals surface area contributed by atoms with Crippen LogP contribution in [0.5, 0.6) is 5.75 Å². The second-order valence-corrected chi connectivity index (χ2v) is 4.44. The molecule has 0 amide bonds. The number of benzene rings is 1. The second kappa shape index (κ2) is 5.94. The van der Waals surface area contributed by atoms with Gasteiger partial charge in [0, 0.05) is 25.2 Å². The maximum atomic E-state index is 13.1. The van der Waals surface area contributed by atoms with Crippen molar-refractivity contribution in [1.82, 2.24) is 4.90 Å². The fourth-order valence-corrected chi connectivity index (χ4v) is 1.90. The molecule has 1 atom stereocenters. The molecule has 2 rings (SSSR count). The van der Waals surface area contributed by atoms with Crippen LogP contribution in [0.3, 0.4) is 0 Å². The van der Waals surface area contributed by atoms with Crippen molar-refractivity contribution in [2.24, 2.45) is 0 Å². The summed E-state index contributed by atoms with van der Waals surface area (Å²) in [6, 6.07) is 3.15. The average molecular weight is 270 g/mol. The zero-order chi connectivity index (χ0) is 13.8. The average Bonchev–Trinajstić information content (AvgIpc) is 2.36. The van der Waals surface area contributed by atoms with E-state index < -0.39 is 10.7 Å². The van der Waals surface area contributed by atoms with E-state index in [4.69, 9.17) is 9.47 Å². The molecule has 6 nitrogen and oxygen atoms in total. The Labute approximate surface area is 109 Å². The Morgan fingerprint density at radius 2 is 2.42 bits per heavy atom. The monoisotopic (exact) mass is 270 g/mol. The van der Waals surface area contributed by atoms with Gasteiger partial charge in [-0.2, -0.15) is 0 Å². The van der Waals surface area contributed by atoms with Crippen LogP contribution >= 0.6 is 0 Å². The third-order valence-electron chi connectivity index (χ3n) is 2.89. The molecule has 1 aromatic rings. The summed E-state index contributed by atoms with van der Waals surface area (Å²) in [5.74, 6) is -0.635. The van der Waals surface area contributed by atoms with Gasteiger partial charge in [-0.05, 0) is 13.1 Å². The molecule has 1 aliphatic heterocycles. The van der Waals surface area contributed by atoms with Crippen molar-refractivity contribution in [2.45, 2.75) is 6.10 Å². The van der Waals surface area contributed by atoms with Crippen LogP contribution in [0.1, 0.15) is 0 Å². The van der Waals surface area contributed by atoms with Crippen LogP contribution in [0.4, 0.5) is 10.1 Å². The molecule has 0 radical (unpaired) electrons. The summed E-state index contributed by atoms with van der Waals surface area (Å²) in [6.07, 6.45) is -0.165. The predicted molar refractivity (Wildman–Crippen MR) is 65.8 cm³/mol. The number of nitrogens with zero attached hydrogens (tertiary/aromatic N) is 2. The highest BCUT2D eigenvalue weighted by Crippen LogP contribution is 2.27. The molecule has 1 heterocycles. The van der Waals surface area contributed by atoms with Gasteiger partial charge in [-0.25, -0.2) is 4.39 Å². The molecule has 0 aliphatic carbocycles. The Bertz CT molecular complexity index is 469. The molecule has 1 aliphatic rings. The van der Waals surface area contributed by atoms with E-state index in [1.165, 1.54) is 0 Å². The number of rotatable bonds is 4. The molecular weight excluding hydrogens is 255 g/mol. The first kappa shape index (κ1) is 13.7. The van der Waals surface area contributed by atoms with Gasteiger partial charge in [-0.1, -0.05) is 0 Å². The van der Waals surface area contributed by atoms with Gasteiger partial charge in [0.05, 0.1) is 11.5 Å². The van der Waals surface area contributed by atoms with Crippen molar-refractivity contribution in [2.75, 3.05) is 33.4 Å². The lowest BCUT2D eigenvalue weighted by atomic mass is 10.2. The molecule has 0 bridgehead atoms. The summed E-state index contributed by atoms with van der Waals surface area (Å²) in [7, 11) is 1.96. The Hall–Kier alpha value is -1.73. The minimum atomic E-state index is -0.595. The fraction of sp³-hybridized carbons (Fsp3) is 0.500. The van der Waals surface area contributed by atoms with Crippen molar-refractivity contribution < 1.29 is 18.8 Å². The Morgan fingerprint density at radius 3 is 3.11 bits per heavy atom. The van der Waals surface area contributed by atoms with Gasteiger partial charge >= 0.3 is 5.69 Å². The van der Waals surface area contributed by atoms with E-state index in [2.05, 4.69) is 4.90 Å². The lowest BCUT2D eigenvalue weighted by Gasteiger charge is -2.29. The first-order chi connectivity index (χ1) is 9.06. The minimum Gasteiger partial charge on any atom is -0.484 e. The quantitative estimate of drug-likeness (QED) is 0.612. The molecule has 1 saturated heterocycles. The number of morpholine rings is 1. The number of nitro benzene ring substituents is 1. The molecule has 7 heteroatoms. The molecule has 104 valence electrons. The highest BCUT2D eigenvalue weighted by Gasteiger charge is 2.21. The number of halogens is 1. The summed E-state index contributed by atoms with van der Waals surface area (Å²) in [5, 5.41) is 10.8. The number of nitro groups is 1. The van der Waals surface area contributed by atoms with Crippen LogP contribution in [-0.2, 0) is 4.74 Å². The van der Waals surface area contributed by atoms with Gasteiger partial charge in [-0.3, -0.25) is 10.1 Å². The van der Waals surface area contributed by atoms with Gasteiger partial charge in [0.25, 0.3) is 0 Å². The predicted octanol–water partition coefficient (Wildman–Crippen LogP) is 1.44. The Morgan fingerprint density at radius 1 is 1.63 bits per heavy atom. The third-order valence-corrected chi connectivity index (χ3v) is 2.89. The molecular formula is C12H15FN2O4. The van der Waals surface area contributed by atoms with Crippen molar-refractivity contribution in [3.63, 3.8) is 0 Å². The minimum absolute atomic E-state index is 0.0678. The van der Waals surface area contributed by atoms with E-state index in [0.717, 1.165) is 24.7 Å². The topological polar surface area (TPSA) is 64.8 Å². The van der Waals surface area contributed by atoms with Crippen LogP contribution < -0.4 is 4.74 Å². The van der Waals surface area contributed by atoms with E-state index in [1.54, 1.807) is 0 Å². The molecule has 0 saturated carbocycles. The zero-order valence-electron chi connectivity index (χ0n) is 10.5. The first-order valence-corrected chi connectivity index (χ1v) is 5.93. The second-order valence-electron chi connectivity index (χ2n) is 4.44. The Balaban J connectivity index is 2.02. The lowest BCUT2D eigenvalue weighted by Crippen LogP contribution is -2.42. The highest BCUT2D eigenvalue weighted by atomic mass is 19.1. The summed E-state index contributed by atoms with van der Waals surface area (Å²) < 4.78 is 23.9. The van der Waals surface area contributed by atoms with Crippen LogP contribution in [0.15, 0.2) is 18.2 Å². The Kier molecular flexibility index (Phi) is 4.28. The molecule has 0 N–H and O–H groups in total. The summed E-state index contributed by atoms with van der Waals surface area (Å²) >= 11 is 0. The van der Waals surface area contributed by atoms with Gasteiger partial charge in [0.15, 0.2) is 5.75 Å². The van der Waals surface area contributed by atoms with E-state index in [1.807, 2.05) is 7.05 Å². The normalized spacial score (nSPS) is 20.2. The zero-order valence-corrected chi connectivity index (χ0v) is 10.5. The van der Waals surface area contributed by atoms with Crippen molar-refractivity contribution in [3.8, 4) is 5.75 Å². The SMILES string of the molecule is CN1CCOC(COc2cc(F)ccc2[N+](=O)[O-])C1. The summed E-state index contributed by atoms with van der Waals surface area (Å²) in [5.41, 5.74) is -0.245. The maximum Gasteiger partial charge on any atom is 0.311 e. The fourth-order valence-electron chi connectivity index (χ4n) is 1.90. The molecule has 0 aromatic heterocycles. The van der Waals surface area contributed by atoms with E-state index >= 15 is 0 Å². The van der Waals surface area contributed by atoms with Gasteiger partial charge in [-0.15, -0.1) is 0 Å². The van der Waals surface area contributed by atoms with E-state index in [9.17, 15) is 14.5 Å². The van der Waals surface area contributed by atoms with Crippen LogP contribution in [0.25, 0.3) is 0 Å². The summed E-state index contributed by atoms with van der Waals surface area (Å²) in [4.78, 5) is 12.3.